The standard InChI is InChI=1S/C30H36FN3O4S/c1-5-23(4)32-30(36)28(6-2)33(20-24-14-16-25(31)17-15-24)29(35)21-34(26-18-12-22(3)13-19-26)39(37,38)27-10-8-7-9-11-27/h7-19,23,28H,5-6,20-21H2,1-4H3,(H,32,36)/t23-,28+/m1/s1. The lowest BCUT2D eigenvalue weighted by molar-refractivity contribution is -0.140. The number of nitrogens with zero attached hydrogens (tertiary/aromatic N) is 2. The Balaban J connectivity index is 2.03. The molecule has 0 radical (unpaired) electrons. The van der Waals surface area contributed by atoms with Gasteiger partial charge in [0, 0.05) is 12.6 Å². The number of amides is 2. The fraction of sp³-hybridized carbons (Fsp3) is 0.333. The average Bonchev–Trinajstić information content (AvgIpc) is 2.93. The Morgan fingerprint density at radius 1 is 0.897 bits per heavy atom. The summed E-state index contributed by atoms with van der Waals surface area (Å²) in [6.45, 7) is 7.00. The smallest absolute Gasteiger partial charge is 0.264 e. The van der Waals surface area contributed by atoms with Gasteiger partial charge in [0.25, 0.3) is 10.0 Å². The monoisotopic (exact) mass is 553 g/mol. The number of rotatable bonds is 12. The van der Waals surface area contributed by atoms with Crippen molar-refractivity contribution in [3.8, 4) is 0 Å². The van der Waals surface area contributed by atoms with Crippen LogP contribution >= 0.6 is 0 Å². The minimum absolute atomic E-state index is 0.0126. The molecule has 3 aromatic rings. The number of carbonyl (C=O) groups is 2. The maximum Gasteiger partial charge on any atom is 0.264 e. The van der Waals surface area contributed by atoms with E-state index in [-0.39, 0.29) is 23.4 Å². The summed E-state index contributed by atoms with van der Waals surface area (Å²) in [6.07, 6.45) is 1.02. The molecule has 1 N–H and O–H groups in total. The van der Waals surface area contributed by atoms with Gasteiger partial charge in [-0.05, 0) is 68.7 Å². The molecule has 3 aromatic carbocycles. The molecule has 0 spiro atoms. The van der Waals surface area contributed by atoms with Gasteiger partial charge in [-0.15, -0.1) is 0 Å². The van der Waals surface area contributed by atoms with Crippen LogP contribution in [-0.4, -0.2) is 43.8 Å². The molecule has 0 saturated carbocycles. The molecule has 2 amide bonds. The van der Waals surface area contributed by atoms with Gasteiger partial charge in [-0.1, -0.05) is 61.9 Å². The number of benzene rings is 3. The number of aryl methyl sites for hydroxylation is 1. The molecule has 0 aliphatic rings. The maximum atomic E-state index is 14.0. The highest BCUT2D eigenvalue weighted by Crippen LogP contribution is 2.25. The van der Waals surface area contributed by atoms with Crippen molar-refractivity contribution in [2.75, 3.05) is 10.8 Å². The van der Waals surface area contributed by atoms with E-state index in [1.807, 2.05) is 20.8 Å². The highest BCUT2D eigenvalue weighted by Gasteiger charge is 2.33. The number of anilines is 1. The zero-order valence-corrected chi connectivity index (χ0v) is 23.6. The van der Waals surface area contributed by atoms with Gasteiger partial charge in [-0.25, -0.2) is 12.8 Å². The first-order valence-electron chi connectivity index (χ1n) is 13.1. The fourth-order valence-corrected chi connectivity index (χ4v) is 5.54. The van der Waals surface area contributed by atoms with Crippen LogP contribution in [0.15, 0.2) is 83.8 Å². The molecule has 0 aliphatic heterocycles. The Morgan fingerprint density at radius 3 is 2.08 bits per heavy atom. The lowest BCUT2D eigenvalue weighted by Gasteiger charge is -2.33. The normalized spacial score (nSPS) is 12.8. The van der Waals surface area contributed by atoms with Gasteiger partial charge in [0.2, 0.25) is 11.8 Å². The van der Waals surface area contributed by atoms with Crippen LogP contribution in [-0.2, 0) is 26.2 Å². The van der Waals surface area contributed by atoms with E-state index in [2.05, 4.69) is 5.32 Å². The molecule has 0 unspecified atom stereocenters. The number of carbonyl (C=O) groups excluding carboxylic acids is 2. The van der Waals surface area contributed by atoms with Crippen molar-refractivity contribution in [2.45, 2.75) is 64.1 Å². The Hall–Kier alpha value is -3.72. The average molecular weight is 554 g/mol. The Labute approximate surface area is 230 Å². The van der Waals surface area contributed by atoms with E-state index in [0.29, 0.717) is 24.1 Å². The summed E-state index contributed by atoms with van der Waals surface area (Å²) in [7, 11) is -4.11. The van der Waals surface area contributed by atoms with Gasteiger partial charge in [0.15, 0.2) is 0 Å². The third kappa shape index (κ3) is 7.66. The number of hydrogen-bond acceptors (Lipinski definition) is 4. The van der Waals surface area contributed by atoms with Crippen molar-refractivity contribution >= 4 is 27.5 Å². The van der Waals surface area contributed by atoms with Gasteiger partial charge < -0.3 is 10.2 Å². The van der Waals surface area contributed by atoms with Gasteiger partial charge in [-0.2, -0.15) is 0 Å². The van der Waals surface area contributed by atoms with Crippen LogP contribution in [0.1, 0.15) is 44.7 Å². The summed E-state index contributed by atoms with van der Waals surface area (Å²) >= 11 is 0. The molecule has 3 rings (SSSR count). The first-order valence-corrected chi connectivity index (χ1v) is 14.5. The van der Waals surface area contributed by atoms with Crippen LogP contribution in [0.2, 0.25) is 0 Å². The van der Waals surface area contributed by atoms with E-state index in [1.54, 1.807) is 61.5 Å². The predicted octanol–water partition coefficient (Wildman–Crippen LogP) is 5.05. The van der Waals surface area contributed by atoms with E-state index in [9.17, 15) is 22.4 Å². The fourth-order valence-electron chi connectivity index (χ4n) is 4.11. The Bertz CT molecular complexity index is 1350. The summed E-state index contributed by atoms with van der Waals surface area (Å²) in [6, 6.07) is 19.5. The van der Waals surface area contributed by atoms with Gasteiger partial charge in [0.05, 0.1) is 10.6 Å². The quantitative estimate of drug-likeness (QED) is 0.340. The van der Waals surface area contributed by atoms with Crippen molar-refractivity contribution in [2.24, 2.45) is 0 Å². The molecule has 0 bridgehead atoms. The Kier molecular flexibility index (Phi) is 10.2. The van der Waals surface area contributed by atoms with Crippen molar-refractivity contribution in [1.29, 1.82) is 0 Å². The second-order valence-corrected chi connectivity index (χ2v) is 11.4. The zero-order chi connectivity index (χ0) is 28.6. The third-order valence-corrected chi connectivity index (χ3v) is 8.37. The van der Waals surface area contributed by atoms with Crippen LogP contribution in [0.5, 0.6) is 0 Å². The number of halogens is 1. The molecule has 208 valence electrons. The van der Waals surface area contributed by atoms with Crippen LogP contribution in [0.25, 0.3) is 0 Å². The number of nitrogens with one attached hydrogen (secondary N) is 1. The largest absolute Gasteiger partial charge is 0.352 e. The summed E-state index contributed by atoms with van der Waals surface area (Å²) in [4.78, 5) is 28.6. The molecule has 9 heteroatoms. The van der Waals surface area contributed by atoms with Gasteiger partial charge in [-0.3, -0.25) is 13.9 Å². The highest BCUT2D eigenvalue weighted by molar-refractivity contribution is 7.92. The summed E-state index contributed by atoms with van der Waals surface area (Å²) in [5.41, 5.74) is 1.89. The van der Waals surface area contributed by atoms with Crippen molar-refractivity contribution in [3.05, 3.63) is 95.8 Å². The van der Waals surface area contributed by atoms with Crippen molar-refractivity contribution in [1.82, 2.24) is 10.2 Å². The second-order valence-electron chi connectivity index (χ2n) is 9.55. The molecule has 0 aromatic heterocycles. The number of sulfonamides is 1. The van der Waals surface area contributed by atoms with Crippen LogP contribution < -0.4 is 9.62 Å². The summed E-state index contributed by atoms with van der Waals surface area (Å²) in [5.74, 6) is -1.29. The molecular formula is C30H36FN3O4S. The maximum absolute atomic E-state index is 14.0. The van der Waals surface area contributed by atoms with E-state index in [4.69, 9.17) is 0 Å². The lowest BCUT2D eigenvalue weighted by atomic mass is 10.1. The van der Waals surface area contributed by atoms with Crippen molar-refractivity contribution < 1.29 is 22.4 Å². The summed E-state index contributed by atoms with van der Waals surface area (Å²) in [5, 5.41) is 2.93. The van der Waals surface area contributed by atoms with Crippen LogP contribution in [0.4, 0.5) is 10.1 Å². The summed E-state index contributed by atoms with van der Waals surface area (Å²) < 4.78 is 42.2. The molecule has 0 aliphatic carbocycles. The van der Waals surface area contributed by atoms with Crippen LogP contribution in [0.3, 0.4) is 0 Å². The SMILES string of the molecule is CC[C@@H](C)NC(=O)[C@H](CC)N(Cc1ccc(F)cc1)C(=O)CN(c1ccc(C)cc1)S(=O)(=O)c1ccccc1. The first-order chi connectivity index (χ1) is 18.6. The molecule has 0 saturated heterocycles. The molecular weight excluding hydrogens is 517 g/mol. The van der Waals surface area contributed by atoms with Gasteiger partial charge >= 0.3 is 0 Å². The molecule has 7 nitrogen and oxygen atoms in total. The van der Waals surface area contributed by atoms with E-state index < -0.39 is 34.3 Å². The van der Waals surface area contributed by atoms with Gasteiger partial charge in [0.1, 0.15) is 18.4 Å². The van der Waals surface area contributed by atoms with E-state index in [0.717, 1.165) is 9.87 Å². The minimum Gasteiger partial charge on any atom is -0.352 e. The minimum atomic E-state index is -4.11. The predicted molar refractivity (Wildman–Crippen MR) is 151 cm³/mol. The second kappa shape index (κ2) is 13.4. The highest BCUT2D eigenvalue weighted by atomic mass is 32.2. The number of hydrogen-bond donors (Lipinski definition) is 1. The zero-order valence-electron chi connectivity index (χ0n) is 22.8. The lowest BCUT2D eigenvalue weighted by Crippen LogP contribution is -2.53. The third-order valence-electron chi connectivity index (χ3n) is 6.59. The first kappa shape index (κ1) is 29.8. The van der Waals surface area contributed by atoms with Crippen molar-refractivity contribution in [3.63, 3.8) is 0 Å². The van der Waals surface area contributed by atoms with Crippen LogP contribution in [0, 0.1) is 12.7 Å². The van der Waals surface area contributed by atoms with E-state index in [1.165, 1.54) is 29.2 Å². The van der Waals surface area contributed by atoms with E-state index >= 15 is 0 Å². The topological polar surface area (TPSA) is 86.8 Å². The molecule has 39 heavy (non-hydrogen) atoms. The molecule has 0 heterocycles. The molecule has 0 fully saturated rings. The molecule has 2 atom stereocenters. The Morgan fingerprint density at radius 2 is 1.51 bits per heavy atom.